The predicted octanol–water partition coefficient (Wildman–Crippen LogP) is 2.29. The van der Waals surface area contributed by atoms with E-state index >= 15 is 0 Å². The van der Waals surface area contributed by atoms with Crippen molar-refractivity contribution < 1.29 is 9.90 Å². The Morgan fingerprint density at radius 3 is 2.48 bits per heavy atom. The minimum Gasteiger partial charge on any atom is -0.390 e. The number of rotatable bonds is 3. The molecular formula is C23H24ClN5O2. The number of nitrogens with zero attached hydrogens (tertiary/aromatic N) is 5. The second-order valence-corrected chi connectivity index (χ2v) is 8.53. The van der Waals surface area contributed by atoms with E-state index < -0.39 is 6.10 Å². The fourth-order valence-electron chi connectivity index (χ4n) is 4.58. The van der Waals surface area contributed by atoms with Crippen LogP contribution in [0.2, 0.25) is 5.02 Å². The Hall–Kier alpha value is -2.74. The predicted molar refractivity (Wildman–Crippen MR) is 120 cm³/mol. The average Bonchev–Trinajstić information content (AvgIpc) is 3.20. The fourth-order valence-corrected chi connectivity index (χ4v) is 4.70. The first-order valence-corrected chi connectivity index (χ1v) is 10.9. The molecular weight excluding hydrogens is 414 g/mol. The Labute approximate surface area is 185 Å². The number of β-amino-alcohol motifs (C(OH)–C–C–N with tert-alkyl or cyclic N) is 1. The molecule has 31 heavy (non-hydrogen) atoms. The maximum Gasteiger partial charge on any atom is 0.253 e. The Kier molecular flexibility index (Phi) is 5.48. The molecule has 0 spiro atoms. The highest BCUT2D eigenvalue weighted by Crippen LogP contribution is 2.26. The average molecular weight is 438 g/mol. The van der Waals surface area contributed by atoms with Crippen molar-refractivity contribution >= 4 is 34.2 Å². The minimum absolute atomic E-state index is 0.0551. The molecule has 2 aromatic carbocycles. The van der Waals surface area contributed by atoms with Crippen molar-refractivity contribution in [1.82, 2.24) is 19.8 Å². The molecule has 0 radical (unpaired) electrons. The first-order chi connectivity index (χ1) is 15.1. The molecule has 0 bridgehead atoms. The molecule has 0 unspecified atom stereocenters. The number of aliphatic hydroxyl groups is 1. The van der Waals surface area contributed by atoms with Gasteiger partial charge in [0.25, 0.3) is 5.91 Å². The molecule has 1 aromatic heterocycles. The van der Waals surface area contributed by atoms with Crippen molar-refractivity contribution in [2.75, 3.05) is 44.2 Å². The van der Waals surface area contributed by atoms with Gasteiger partial charge in [0.1, 0.15) is 12.1 Å². The number of carbonyl (C=O) groups excluding carboxylic acids is 1. The van der Waals surface area contributed by atoms with Crippen LogP contribution in [0, 0.1) is 0 Å². The standard InChI is InChI=1S/C23H24ClN5O2/c24-17-7-5-16(6-8-17)23(31)29-13-20(21(30)14-29)27-9-11-28(12-10-27)22-18-3-1-2-4-19(18)25-15-26-22/h1-8,15,20-21,30H,9-14H2/t20-,21-/m0/s1. The molecule has 0 saturated carbocycles. The molecule has 1 amide bonds. The van der Waals surface area contributed by atoms with Crippen molar-refractivity contribution in [3.05, 3.63) is 65.4 Å². The molecule has 2 aliphatic rings. The summed E-state index contributed by atoms with van der Waals surface area (Å²) in [6.07, 6.45) is 1.06. The number of aliphatic hydroxyl groups excluding tert-OH is 1. The van der Waals surface area contributed by atoms with E-state index in [0.717, 1.165) is 42.9 Å². The van der Waals surface area contributed by atoms with Crippen LogP contribution < -0.4 is 4.90 Å². The van der Waals surface area contributed by atoms with E-state index in [0.29, 0.717) is 23.7 Å². The largest absolute Gasteiger partial charge is 0.390 e. The Morgan fingerprint density at radius 2 is 1.71 bits per heavy atom. The number of aromatic nitrogens is 2. The van der Waals surface area contributed by atoms with Gasteiger partial charge in [0.15, 0.2) is 0 Å². The van der Waals surface area contributed by atoms with E-state index in [1.54, 1.807) is 35.5 Å². The summed E-state index contributed by atoms with van der Waals surface area (Å²) in [6.45, 7) is 4.12. The van der Waals surface area contributed by atoms with Crippen molar-refractivity contribution in [2.45, 2.75) is 12.1 Å². The first-order valence-electron chi connectivity index (χ1n) is 10.5. The number of benzene rings is 2. The van der Waals surface area contributed by atoms with Gasteiger partial charge in [-0.15, -0.1) is 0 Å². The van der Waals surface area contributed by atoms with Gasteiger partial charge in [0.05, 0.1) is 17.7 Å². The summed E-state index contributed by atoms with van der Waals surface area (Å²) < 4.78 is 0. The van der Waals surface area contributed by atoms with Gasteiger partial charge in [-0.2, -0.15) is 0 Å². The first kappa shape index (κ1) is 20.2. The lowest BCUT2D eigenvalue weighted by Crippen LogP contribution is -2.54. The Balaban J connectivity index is 1.24. The van der Waals surface area contributed by atoms with E-state index in [1.165, 1.54) is 0 Å². The second-order valence-electron chi connectivity index (χ2n) is 8.09. The lowest BCUT2D eigenvalue weighted by atomic mass is 10.1. The van der Waals surface area contributed by atoms with E-state index in [2.05, 4.69) is 25.8 Å². The number of hydrogen-bond donors (Lipinski definition) is 1. The van der Waals surface area contributed by atoms with Gasteiger partial charge in [-0.1, -0.05) is 23.7 Å². The molecule has 160 valence electrons. The molecule has 0 aliphatic carbocycles. The van der Waals surface area contributed by atoms with Crippen LogP contribution in [0.4, 0.5) is 5.82 Å². The SMILES string of the molecule is O=C(c1ccc(Cl)cc1)N1C[C@H](O)[C@@H](N2CCN(c3ncnc4ccccc34)CC2)C1. The van der Waals surface area contributed by atoms with E-state index in [4.69, 9.17) is 11.6 Å². The number of anilines is 1. The monoisotopic (exact) mass is 437 g/mol. The molecule has 2 fully saturated rings. The van der Waals surface area contributed by atoms with Crippen LogP contribution >= 0.6 is 11.6 Å². The van der Waals surface area contributed by atoms with Gasteiger partial charge >= 0.3 is 0 Å². The molecule has 2 aliphatic heterocycles. The molecule has 2 atom stereocenters. The van der Waals surface area contributed by atoms with Crippen molar-refractivity contribution in [3.8, 4) is 0 Å². The Morgan fingerprint density at radius 1 is 0.968 bits per heavy atom. The maximum absolute atomic E-state index is 12.8. The summed E-state index contributed by atoms with van der Waals surface area (Å²) in [5.74, 6) is 0.890. The van der Waals surface area contributed by atoms with Crippen LogP contribution in [-0.4, -0.2) is 82.2 Å². The summed E-state index contributed by atoms with van der Waals surface area (Å²) >= 11 is 5.93. The third kappa shape index (κ3) is 3.96. The molecule has 8 heteroatoms. The Bertz CT molecular complexity index is 1080. The fraction of sp³-hybridized carbons (Fsp3) is 0.348. The van der Waals surface area contributed by atoms with Crippen LogP contribution in [-0.2, 0) is 0 Å². The van der Waals surface area contributed by atoms with Crippen molar-refractivity contribution in [2.24, 2.45) is 0 Å². The van der Waals surface area contributed by atoms with Gasteiger partial charge < -0.3 is 14.9 Å². The molecule has 3 heterocycles. The highest BCUT2D eigenvalue weighted by molar-refractivity contribution is 6.30. The third-order valence-corrected chi connectivity index (χ3v) is 6.49. The van der Waals surface area contributed by atoms with Crippen LogP contribution in [0.5, 0.6) is 0 Å². The zero-order valence-electron chi connectivity index (χ0n) is 17.1. The topological polar surface area (TPSA) is 72.8 Å². The molecule has 3 aromatic rings. The molecule has 2 saturated heterocycles. The number of likely N-dealkylation sites (tertiary alicyclic amines) is 1. The van der Waals surface area contributed by atoms with Gasteiger partial charge in [0, 0.05) is 55.2 Å². The van der Waals surface area contributed by atoms with Gasteiger partial charge in [-0.3, -0.25) is 9.69 Å². The minimum atomic E-state index is -0.553. The zero-order chi connectivity index (χ0) is 21.4. The third-order valence-electron chi connectivity index (χ3n) is 6.24. The number of fused-ring (bicyclic) bond motifs is 1. The zero-order valence-corrected chi connectivity index (χ0v) is 17.8. The smallest absolute Gasteiger partial charge is 0.253 e. The van der Waals surface area contributed by atoms with Gasteiger partial charge in [-0.05, 0) is 36.4 Å². The summed E-state index contributed by atoms with van der Waals surface area (Å²) in [7, 11) is 0. The highest BCUT2D eigenvalue weighted by Gasteiger charge is 2.39. The maximum atomic E-state index is 12.8. The van der Waals surface area contributed by atoms with Gasteiger partial charge in [0.2, 0.25) is 0 Å². The van der Waals surface area contributed by atoms with E-state index in [9.17, 15) is 9.90 Å². The molecule has 5 rings (SSSR count). The van der Waals surface area contributed by atoms with E-state index in [-0.39, 0.29) is 11.9 Å². The highest BCUT2D eigenvalue weighted by atomic mass is 35.5. The quantitative estimate of drug-likeness (QED) is 0.677. The number of halogens is 1. The summed E-state index contributed by atoms with van der Waals surface area (Å²) in [6, 6.07) is 14.9. The number of piperazine rings is 1. The number of carbonyl (C=O) groups is 1. The van der Waals surface area contributed by atoms with Crippen molar-refractivity contribution in [1.29, 1.82) is 0 Å². The summed E-state index contributed by atoms with van der Waals surface area (Å²) in [4.78, 5) is 28.0. The number of para-hydroxylation sites is 1. The van der Waals surface area contributed by atoms with Crippen LogP contribution in [0.1, 0.15) is 10.4 Å². The molecule has 7 nitrogen and oxygen atoms in total. The lowest BCUT2D eigenvalue weighted by molar-refractivity contribution is 0.0754. The van der Waals surface area contributed by atoms with Crippen LogP contribution in [0.15, 0.2) is 54.9 Å². The summed E-state index contributed by atoms with van der Waals surface area (Å²) in [5.41, 5.74) is 1.54. The van der Waals surface area contributed by atoms with Gasteiger partial charge in [-0.25, -0.2) is 9.97 Å². The van der Waals surface area contributed by atoms with Crippen LogP contribution in [0.25, 0.3) is 10.9 Å². The normalized spacial score (nSPS) is 22.3. The number of amides is 1. The number of hydrogen-bond acceptors (Lipinski definition) is 6. The summed E-state index contributed by atoms with van der Waals surface area (Å²) in [5, 5.41) is 12.3. The lowest BCUT2D eigenvalue weighted by Gasteiger charge is -2.39. The van der Waals surface area contributed by atoms with E-state index in [1.807, 2.05) is 18.2 Å². The van der Waals surface area contributed by atoms with Crippen molar-refractivity contribution in [3.63, 3.8) is 0 Å². The molecule has 1 N–H and O–H groups in total. The second kappa shape index (κ2) is 8.42. The van der Waals surface area contributed by atoms with Crippen LogP contribution in [0.3, 0.4) is 0 Å².